The average molecular weight is 1430 g/mol. The molecule has 16 aromatic carbocycles. The van der Waals surface area contributed by atoms with E-state index in [0.717, 1.165) is 94.2 Å². The van der Waals surface area contributed by atoms with Crippen LogP contribution in [0.15, 0.2) is 406 Å². The molecule has 524 valence electrons. The third kappa shape index (κ3) is 11.5. The van der Waals surface area contributed by atoms with Gasteiger partial charge in [0.15, 0.2) is 11.6 Å². The molecule has 9 heteroatoms. The highest BCUT2D eigenvalue weighted by Gasteiger charge is 2.23. The Morgan fingerprint density at radius 3 is 0.688 bits per heavy atom. The van der Waals surface area contributed by atoms with Crippen molar-refractivity contribution in [3.8, 4) is 113 Å². The standard InChI is InChI=1S/C52H34N4.C51H33N5/c1-4-14-37(15-5-1)46-34-47(38-16-6-2-7-17-38)54-52(53-46)56-49-23-13-11-21-43(49)45-33-40(29-31-51(45)56)36-26-24-35(25-27-36)39-28-30-50-44(32-39)42-20-10-12-22-48(42)55(50)41-18-8-3-9-19-41;1-4-14-36(15-5-1)49-52-50(37-16-6-2-7-17-37)54-51(53-49)56-46-23-13-11-21-42(46)44-33-39(29-31-48(44)56)35-26-24-34(25-27-35)38-28-30-47-43(32-38)41-20-10-12-22-45(41)55(47)40-18-8-3-9-19-40/h1-34H;1-33H. The molecule has 0 aliphatic carbocycles. The van der Waals surface area contributed by atoms with Crippen molar-refractivity contribution in [2.24, 2.45) is 0 Å². The quantitative estimate of drug-likeness (QED) is 0.122. The number of hydrogen-bond donors (Lipinski definition) is 0. The Morgan fingerprint density at radius 1 is 0.143 bits per heavy atom. The van der Waals surface area contributed by atoms with Crippen molar-refractivity contribution in [3.63, 3.8) is 0 Å². The van der Waals surface area contributed by atoms with Gasteiger partial charge >= 0.3 is 0 Å². The van der Waals surface area contributed by atoms with E-state index in [2.05, 4.69) is 352 Å². The van der Waals surface area contributed by atoms with Crippen LogP contribution in [0.25, 0.3) is 200 Å². The zero-order valence-electron chi connectivity index (χ0n) is 60.7. The van der Waals surface area contributed by atoms with Crippen molar-refractivity contribution in [3.05, 3.63) is 406 Å². The van der Waals surface area contributed by atoms with Gasteiger partial charge in [-0.25, -0.2) is 15.0 Å². The van der Waals surface area contributed by atoms with Crippen molar-refractivity contribution in [2.75, 3.05) is 0 Å². The van der Waals surface area contributed by atoms with Gasteiger partial charge in [-0.2, -0.15) is 9.97 Å². The lowest BCUT2D eigenvalue weighted by Gasteiger charge is -2.12. The molecule has 0 saturated heterocycles. The largest absolute Gasteiger partial charge is 0.309 e. The van der Waals surface area contributed by atoms with E-state index in [1.165, 1.54) is 82.5 Å². The number of benzene rings is 16. The molecule has 0 unspecified atom stereocenters. The molecule has 0 fully saturated rings. The summed E-state index contributed by atoms with van der Waals surface area (Å²) in [6, 6.07) is 144. The van der Waals surface area contributed by atoms with Crippen molar-refractivity contribution in [2.45, 2.75) is 0 Å². The summed E-state index contributed by atoms with van der Waals surface area (Å²) < 4.78 is 9.10. The molecule has 6 aromatic heterocycles. The van der Waals surface area contributed by atoms with Crippen LogP contribution in [0.5, 0.6) is 0 Å². The molecule has 0 amide bonds. The highest BCUT2D eigenvalue weighted by atomic mass is 15.2. The Balaban J connectivity index is 0.000000141. The first-order valence-electron chi connectivity index (χ1n) is 37.9. The number of para-hydroxylation sites is 6. The maximum atomic E-state index is 5.19. The molecule has 0 spiro atoms. The monoisotopic (exact) mass is 1430 g/mol. The number of hydrogen-bond acceptors (Lipinski definition) is 5. The highest BCUT2D eigenvalue weighted by molar-refractivity contribution is 6.14. The third-order valence-electron chi connectivity index (χ3n) is 21.8. The molecule has 22 rings (SSSR count). The van der Waals surface area contributed by atoms with Gasteiger partial charge in [-0.15, -0.1) is 0 Å². The number of aromatic nitrogens is 9. The minimum atomic E-state index is 0.588. The maximum Gasteiger partial charge on any atom is 0.238 e. The predicted molar refractivity (Wildman–Crippen MR) is 463 cm³/mol. The van der Waals surface area contributed by atoms with E-state index < -0.39 is 0 Å². The molecular weight excluding hydrogens is 1360 g/mol. The minimum Gasteiger partial charge on any atom is -0.309 e. The fourth-order valence-corrected chi connectivity index (χ4v) is 16.4. The van der Waals surface area contributed by atoms with Gasteiger partial charge in [0, 0.05) is 76.7 Å². The van der Waals surface area contributed by atoms with E-state index in [0.29, 0.717) is 23.5 Å². The molecule has 0 aliphatic heterocycles. The number of nitrogens with zero attached hydrogens (tertiary/aromatic N) is 9. The van der Waals surface area contributed by atoms with Crippen LogP contribution in [-0.4, -0.2) is 43.2 Å². The van der Waals surface area contributed by atoms with Crippen molar-refractivity contribution < 1.29 is 0 Å². The molecule has 0 radical (unpaired) electrons. The van der Waals surface area contributed by atoms with E-state index in [9.17, 15) is 0 Å². The maximum absolute atomic E-state index is 5.19. The number of rotatable bonds is 12. The van der Waals surface area contributed by atoms with E-state index in [-0.39, 0.29) is 0 Å². The summed E-state index contributed by atoms with van der Waals surface area (Å²) in [5, 5.41) is 9.63. The molecule has 0 saturated carbocycles. The van der Waals surface area contributed by atoms with E-state index in [1.54, 1.807) is 0 Å². The van der Waals surface area contributed by atoms with Gasteiger partial charge in [0.05, 0.1) is 55.5 Å². The normalized spacial score (nSPS) is 11.6. The van der Waals surface area contributed by atoms with E-state index in [1.807, 2.05) is 72.8 Å². The highest BCUT2D eigenvalue weighted by Crippen LogP contribution is 2.42. The minimum absolute atomic E-state index is 0.588. The van der Waals surface area contributed by atoms with Crippen LogP contribution in [0.1, 0.15) is 0 Å². The van der Waals surface area contributed by atoms with Crippen LogP contribution < -0.4 is 0 Å². The lowest BCUT2D eigenvalue weighted by Crippen LogP contribution is -2.06. The zero-order chi connectivity index (χ0) is 74.0. The molecule has 0 atom stereocenters. The fourth-order valence-electron chi connectivity index (χ4n) is 16.4. The predicted octanol–water partition coefficient (Wildman–Crippen LogP) is 26.1. The smallest absolute Gasteiger partial charge is 0.238 e. The first-order chi connectivity index (χ1) is 55.5. The molecule has 22 aromatic rings. The van der Waals surface area contributed by atoms with Gasteiger partial charge in [0.1, 0.15) is 0 Å². The Morgan fingerprint density at radius 2 is 0.375 bits per heavy atom. The molecule has 6 heterocycles. The lowest BCUT2D eigenvalue weighted by molar-refractivity contribution is 0.953. The van der Waals surface area contributed by atoms with Gasteiger partial charge in [0.25, 0.3) is 0 Å². The topological polar surface area (TPSA) is 84.2 Å². The van der Waals surface area contributed by atoms with Crippen LogP contribution >= 0.6 is 0 Å². The molecule has 0 aliphatic rings. The van der Waals surface area contributed by atoms with Gasteiger partial charge < -0.3 is 9.13 Å². The Hall–Kier alpha value is -15.2. The van der Waals surface area contributed by atoms with E-state index in [4.69, 9.17) is 24.9 Å². The lowest BCUT2D eigenvalue weighted by atomic mass is 9.98. The fraction of sp³-hybridized carbons (Fsp3) is 0. The Kier molecular flexibility index (Phi) is 16.0. The van der Waals surface area contributed by atoms with Crippen molar-refractivity contribution in [1.29, 1.82) is 0 Å². The first-order valence-corrected chi connectivity index (χ1v) is 37.9. The zero-order valence-corrected chi connectivity index (χ0v) is 60.7. The average Bonchev–Trinajstić information content (AvgIpc) is 1.60. The van der Waals surface area contributed by atoms with Crippen molar-refractivity contribution >= 4 is 87.2 Å². The molecule has 112 heavy (non-hydrogen) atoms. The molecular formula is C103H67N9. The molecule has 0 N–H and O–H groups in total. The summed E-state index contributed by atoms with van der Waals surface area (Å²) in [6.45, 7) is 0. The summed E-state index contributed by atoms with van der Waals surface area (Å²) >= 11 is 0. The van der Waals surface area contributed by atoms with Crippen molar-refractivity contribution in [1.82, 2.24) is 43.2 Å². The number of fused-ring (bicyclic) bond motifs is 12. The van der Waals surface area contributed by atoms with Gasteiger partial charge in [-0.3, -0.25) is 9.13 Å². The summed E-state index contributed by atoms with van der Waals surface area (Å²) in [7, 11) is 0. The Bertz CT molecular complexity index is 6760. The summed E-state index contributed by atoms with van der Waals surface area (Å²) in [5.41, 5.74) is 26.6. The Labute approximate surface area is 645 Å². The summed E-state index contributed by atoms with van der Waals surface area (Å²) in [5.74, 6) is 2.51. The summed E-state index contributed by atoms with van der Waals surface area (Å²) in [4.78, 5) is 25.5. The second-order valence-corrected chi connectivity index (χ2v) is 28.3. The van der Waals surface area contributed by atoms with Gasteiger partial charge in [-0.05, 0) is 148 Å². The van der Waals surface area contributed by atoms with Crippen LogP contribution in [0, 0.1) is 0 Å². The first kappa shape index (κ1) is 65.1. The van der Waals surface area contributed by atoms with Crippen LogP contribution in [0.4, 0.5) is 0 Å². The second kappa shape index (κ2) is 27.5. The summed E-state index contributed by atoms with van der Waals surface area (Å²) in [6.07, 6.45) is 0. The third-order valence-corrected chi connectivity index (χ3v) is 21.8. The molecule has 0 bridgehead atoms. The van der Waals surface area contributed by atoms with Crippen LogP contribution in [0.2, 0.25) is 0 Å². The SMILES string of the molecule is c1ccc(-c2cc(-c3ccccc3)nc(-n3c4ccccc4c4cc(-c5ccc(-c6ccc7c(c6)c6ccccc6n7-c6ccccc6)cc5)ccc43)n2)cc1.c1ccc(-c2nc(-c3ccccc3)nc(-n3c4ccccc4c4cc(-c5ccc(-c6ccc7c(c6)c6ccccc6n7-c6ccccc6)cc5)ccc43)n2)cc1. The van der Waals surface area contributed by atoms with Gasteiger partial charge in [-0.1, -0.05) is 303 Å². The van der Waals surface area contributed by atoms with Gasteiger partial charge in [0.2, 0.25) is 11.9 Å². The second-order valence-electron chi connectivity index (χ2n) is 28.3. The van der Waals surface area contributed by atoms with Crippen LogP contribution in [-0.2, 0) is 0 Å². The van der Waals surface area contributed by atoms with E-state index >= 15 is 0 Å². The molecule has 9 nitrogen and oxygen atoms in total. The van der Waals surface area contributed by atoms with Crippen LogP contribution in [0.3, 0.4) is 0 Å².